The number of carboxylic acid groups (broad SMARTS) is 1. The van der Waals surface area contributed by atoms with Crippen molar-refractivity contribution in [3.05, 3.63) is 52.8 Å². The summed E-state index contributed by atoms with van der Waals surface area (Å²) in [4.78, 5) is 26.3. The number of carboxylic acids is 1. The van der Waals surface area contributed by atoms with Gasteiger partial charge in [-0.3, -0.25) is 9.59 Å². The zero-order valence-corrected chi connectivity index (χ0v) is 16.2. The van der Waals surface area contributed by atoms with Crippen LogP contribution < -0.4 is 0 Å². The first kappa shape index (κ1) is 17.8. The van der Waals surface area contributed by atoms with E-state index in [0.717, 1.165) is 41.9 Å². The van der Waals surface area contributed by atoms with Gasteiger partial charge in [-0.15, -0.1) is 0 Å². The second-order valence-corrected chi connectivity index (χ2v) is 8.21. The van der Waals surface area contributed by atoms with Gasteiger partial charge in [0.15, 0.2) is 0 Å². The minimum absolute atomic E-state index is 0.0545. The quantitative estimate of drug-likeness (QED) is 0.900. The fourth-order valence-corrected chi connectivity index (χ4v) is 4.72. The van der Waals surface area contributed by atoms with Gasteiger partial charge in [-0.25, -0.2) is 0 Å². The first-order chi connectivity index (χ1) is 12.8. The van der Waals surface area contributed by atoms with Crippen molar-refractivity contribution >= 4 is 11.9 Å². The van der Waals surface area contributed by atoms with Gasteiger partial charge >= 0.3 is 5.97 Å². The molecule has 5 nitrogen and oxygen atoms in total. The number of carbonyl (C=O) groups excluding carboxylic acids is 1. The maximum Gasteiger partial charge on any atom is 0.307 e. The molecular formula is C22H26N2O3. The Kier molecular flexibility index (Phi) is 4.13. The normalized spacial score (nSPS) is 20.7. The summed E-state index contributed by atoms with van der Waals surface area (Å²) in [5.41, 5.74) is 4.95. The Morgan fingerprint density at radius 2 is 1.81 bits per heavy atom. The van der Waals surface area contributed by atoms with Crippen LogP contribution in [-0.4, -0.2) is 39.5 Å². The number of hydrogen-bond acceptors (Lipinski definition) is 2. The van der Waals surface area contributed by atoms with Crippen molar-refractivity contribution in [1.29, 1.82) is 0 Å². The van der Waals surface area contributed by atoms with Crippen LogP contribution in [0.5, 0.6) is 0 Å². The Morgan fingerprint density at radius 1 is 1.11 bits per heavy atom. The molecule has 27 heavy (non-hydrogen) atoms. The summed E-state index contributed by atoms with van der Waals surface area (Å²) >= 11 is 0. The van der Waals surface area contributed by atoms with Crippen molar-refractivity contribution in [2.24, 2.45) is 11.3 Å². The van der Waals surface area contributed by atoms with E-state index in [4.69, 9.17) is 0 Å². The highest BCUT2D eigenvalue weighted by molar-refractivity contribution is 5.96. The standard InChI is InChI=1S/C22H26N2O3/c1-14-5-4-6-17(11-14)24-15(2)12-18(16(24)3)20(25)23-9-7-22(8-10-23)13-19(22)21(26)27/h4-6,11-12,19H,7-10,13H2,1-3H3,(H,26,27). The number of benzene rings is 1. The number of nitrogens with zero attached hydrogens (tertiary/aromatic N) is 2. The van der Waals surface area contributed by atoms with Gasteiger partial charge in [0.25, 0.3) is 5.91 Å². The Hall–Kier alpha value is -2.56. The number of amides is 1. The fourth-order valence-electron chi connectivity index (χ4n) is 4.72. The monoisotopic (exact) mass is 366 g/mol. The van der Waals surface area contributed by atoms with Crippen LogP contribution in [0.4, 0.5) is 0 Å². The number of aromatic nitrogens is 1. The minimum atomic E-state index is -0.684. The van der Waals surface area contributed by atoms with Gasteiger partial charge in [0, 0.05) is 30.2 Å². The van der Waals surface area contributed by atoms with Gasteiger partial charge < -0.3 is 14.6 Å². The SMILES string of the molecule is Cc1cccc(-n2c(C)cc(C(=O)N3CCC4(CC3)CC4C(=O)O)c2C)c1. The first-order valence-electron chi connectivity index (χ1n) is 9.60. The molecule has 1 spiro atoms. The predicted molar refractivity (Wildman–Crippen MR) is 103 cm³/mol. The summed E-state index contributed by atoms with van der Waals surface area (Å²) in [7, 11) is 0. The van der Waals surface area contributed by atoms with Crippen molar-refractivity contribution in [3.63, 3.8) is 0 Å². The zero-order valence-electron chi connectivity index (χ0n) is 16.2. The third-order valence-corrected chi connectivity index (χ3v) is 6.46. The predicted octanol–water partition coefficient (Wildman–Crippen LogP) is 3.73. The summed E-state index contributed by atoms with van der Waals surface area (Å²) in [6.07, 6.45) is 2.37. The highest BCUT2D eigenvalue weighted by Gasteiger charge is 2.59. The molecule has 2 fully saturated rings. The molecule has 1 aliphatic heterocycles. The Balaban J connectivity index is 1.54. The van der Waals surface area contributed by atoms with E-state index in [9.17, 15) is 14.7 Å². The molecular weight excluding hydrogens is 340 g/mol. The van der Waals surface area contributed by atoms with Crippen LogP contribution in [-0.2, 0) is 4.79 Å². The van der Waals surface area contributed by atoms with E-state index in [2.05, 4.69) is 29.7 Å². The lowest BCUT2D eigenvalue weighted by Crippen LogP contribution is -2.40. The van der Waals surface area contributed by atoms with Crippen molar-refractivity contribution in [1.82, 2.24) is 9.47 Å². The van der Waals surface area contributed by atoms with Gasteiger partial charge in [-0.1, -0.05) is 12.1 Å². The van der Waals surface area contributed by atoms with E-state index in [1.165, 1.54) is 5.56 Å². The van der Waals surface area contributed by atoms with Crippen LogP contribution in [0.25, 0.3) is 5.69 Å². The molecule has 5 heteroatoms. The van der Waals surface area contributed by atoms with Gasteiger partial charge in [0.05, 0.1) is 11.5 Å². The van der Waals surface area contributed by atoms with Crippen LogP contribution in [0.1, 0.15) is 46.6 Å². The van der Waals surface area contributed by atoms with Crippen LogP contribution in [0.2, 0.25) is 0 Å². The number of aryl methyl sites for hydroxylation is 2. The Labute approximate surface area is 159 Å². The summed E-state index contributed by atoms with van der Waals surface area (Å²) in [5.74, 6) is -0.831. The van der Waals surface area contributed by atoms with Gasteiger partial charge in [-0.05, 0) is 69.2 Å². The van der Waals surface area contributed by atoms with Crippen molar-refractivity contribution in [2.75, 3.05) is 13.1 Å². The molecule has 1 saturated carbocycles. The molecule has 1 atom stereocenters. The largest absolute Gasteiger partial charge is 0.481 e. The molecule has 1 aromatic carbocycles. The van der Waals surface area contributed by atoms with E-state index < -0.39 is 5.97 Å². The lowest BCUT2D eigenvalue weighted by atomic mass is 9.90. The van der Waals surface area contributed by atoms with Crippen molar-refractivity contribution in [2.45, 2.75) is 40.0 Å². The molecule has 1 aromatic heterocycles. The molecule has 0 radical (unpaired) electrons. The lowest BCUT2D eigenvalue weighted by molar-refractivity contribution is -0.139. The molecule has 2 heterocycles. The molecule has 4 rings (SSSR count). The third-order valence-electron chi connectivity index (χ3n) is 6.46. The molecule has 2 aromatic rings. The second-order valence-electron chi connectivity index (χ2n) is 8.21. The topological polar surface area (TPSA) is 62.5 Å². The van der Waals surface area contributed by atoms with Crippen LogP contribution >= 0.6 is 0 Å². The van der Waals surface area contributed by atoms with E-state index in [1.807, 2.05) is 30.9 Å². The minimum Gasteiger partial charge on any atom is -0.481 e. The fraction of sp³-hybridized carbons (Fsp3) is 0.455. The third kappa shape index (κ3) is 2.95. The van der Waals surface area contributed by atoms with Crippen molar-refractivity contribution < 1.29 is 14.7 Å². The Bertz CT molecular complexity index is 920. The summed E-state index contributed by atoms with van der Waals surface area (Å²) < 4.78 is 2.13. The number of likely N-dealkylation sites (tertiary alicyclic amines) is 1. The smallest absolute Gasteiger partial charge is 0.307 e. The van der Waals surface area contributed by atoms with Crippen LogP contribution in [0.15, 0.2) is 30.3 Å². The summed E-state index contributed by atoms with van der Waals surface area (Å²) in [6, 6.07) is 10.3. The number of aliphatic carboxylic acids is 1. The van der Waals surface area contributed by atoms with E-state index in [0.29, 0.717) is 13.1 Å². The highest BCUT2D eigenvalue weighted by atomic mass is 16.4. The lowest BCUT2D eigenvalue weighted by Gasteiger charge is -2.32. The van der Waals surface area contributed by atoms with Gasteiger partial charge in [0.1, 0.15) is 0 Å². The maximum absolute atomic E-state index is 13.1. The van der Waals surface area contributed by atoms with E-state index in [1.54, 1.807) is 0 Å². The highest BCUT2D eigenvalue weighted by Crippen LogP contribution is 2.59. The molecule has 1 N–H and O–H groups in total. The average molecular weight is 366 g/mol. The molecule has 1 amide bonds. The van der Waals surface area contributed by atoms with Gasteiger partial charge in [0.2, 0.25) is 0 Å². The molecule has 0 bridgehead atoms. The summed E-state index contributed by atoms with van der Waals surface area (Å²) in [5, 5.41) is 9.24. The maximum atomic E-state index is 13.1. The van der Waals surface area contributed by atoms with Crippen molar-refractivity contribution in [3.8, 4) is 5.69 Å². The van der Waals surface area contributed by atoms with Crippen LogP contribution in [0.3, 0.4) is 0 Å². The number of piperidine rings is 1. The van der Waals surface area contributed by atoms with E-state index >= 15 is 0 Å². The average Bonchev–Trinajstić information content (AvgIpc) is 3.25. The first-order valence-corrected chi connectivity index (χ1v) is 9.60. The van der Waals surface area contributed by atoms with Crippen LogP contribution in [0, 0.1) is 32.1 Å². The molecule has 1 aliphatic carbocycles. The zero-order chi connectivity index (χ0) is 19.3. The summed E-state index contributed by atoms with van der Waals surface area (Å²) in [6.45, 7) is 7.39. The van der Waals surface area contributed by atoms with Gasteiger partial charge in [-0.2, -0.15) is 0 Å². The number of rotatable bonds is 3. The molecule has 1 saturated heterocycles. The number of carbonyl (C=O) groups is 2. The number of hydrogen-bond donors (Lipinski definition) is 1. The molecule has 2 aliphatic rings. The molecule has 142 valence electrons. The van der Waals surface area contributed by atoms with E-state index in [-0.39, 0.29) is 17.2 Å². The Morgan fingerprint density at radius 3 is 2.41 bits per heavy atom. The molecule has 1 unspecified atom stereocenters. The second kappa shape index (κ2) is 6.25.